The number of benzene rings is 2. The summed E-state index contributed by atoms with van der Waals surface area (Å²) >= 11 is 0. The SMILES string of the molecule is O=c1c2c(n3cccc3n1Cc1ccc(C(F)(F)F)cc1)CCN(Cc1ccccc1)C2. The molecule has 4 aromatic rings. The number of aromatic nitrogens is 2. The molecule has 2 aromatic heterocycles. The van der Waals surface area contributed by atoms with Crippen molar-refractivity contribution in [2.45, 2.75) is 32.2 Å². The maximum Gasteiger partial charge on any atom is 0.416 e. The highest BCUT2D eigenvalue weighted by Gasteiger charge is 2.30. The Bertz CT molecular complexity index is 1300. The number of hydrogen-bond acceptors (Lipinski definition) is 2. The van der Waals surface area contributed by atoms with E-state index in [1.807, 2.05) is 40.9 Å². The van der Waals surface area contributed by atoms with Crippen molar-refractivity contribution in [2.24, 2.45) is 0 Å². The summed E-state index contributed by atoms with van der Waals surface area (Å²) < 4.78 is 42.4. The van der Waals surface area contributed by atoms with Crippen LogP contribution in [0.5, 0.6) is 0 Å². The maximum atomic E-state index is 13.5. The van der Waals surface area contributed by atoms with Gasteiger partial charge in [0.15, 0.2) is 0 Å². The van der Waals surface area contributed by atoms with Crippen molar-refractivity contribution < 1.29 is 13.2 Å². The molecule has 4 nitrogen and oxygen atoms in total. The molecule has 0 amide bonds. The first kappa shape index (κ1) is 20.6. The van der Waals surface area contributed by atoms with Crippen molar-refractivity contribution in [1.29, 1.82) is 0 Å². The predicted molar refractivity (Wildman–Crippen MR) is 116 cm³/mol. The molecule has 1 aliphatic rings. The third-order valence-corrected chi connectivity index (χ3v) is 6.06. The standard InChI is InChI=1S/C25H22F3N3O/c26-25(27,28)20-10-8-19(9-11-20)16-31-23-7-4-13-30(23)22-12-14-29(17-21(22)24(31)32)15-18-5-2-1-3-6-18/h1-11,13H,12,14-17H2. The Balaban J connectivity index is 1.49. The van der Waals surface area contributed by atoms with E-state index in [1.54, 1.807) is 4.57 Å². The molecule has 0 radical (unpaired) electrons. The smallest absolute Gasteiger partial charge is 0.306 e. The topological polar surface area (TPSA) is 29.6 Å². The van der Waals surface area contributed by atoms with Crippen molar-refractivity contribution in [3.8, 4) is 0 Å². The second-order valence-corrected chi connectivity index (χ2v) is 8.19. The molecule has 0 atom stereocenters. The second-order valence-electron chi connectivity index (χ2n) is 8.19. The van der Waals surface area contributed by atoms with Crippen LogP contribution in [0.2, 0.25) is 0 Å². The Labute approximate surface area is 183 Å². The summed E-state index contributed by atoms with van der Waals surface area (Å²) in [5.74, 6) is 0. The lowest BCUT2D eigenvalue weighted by molar-refractivity contribution is -0.137. The highest BCUT2D eigenvalue weighted by atomic mass is 19.4. The van der Waals surface area contributed by atoms with Crippen molar-refractivity contribution in [1.82, 2.24) is 13.9 Å². The normalized spacial score (nSPS) is 14.6. The van der Waals surface area contributed by atoms with Crippen LogP contribution in [0.25, 0.3) is 5.65 Å². The molecule has 0 fully saturated rings. The fraction of sp³-hybridized carbons (Fsp3) is 0.240. The summed E-state index contributed by atoms with van der Waals surface area (Å²) in [4.78, 5) is 15.8. The van der Waals surface area contributed by atoms with Gasteiger partial charge in [-0.3, -0.25) is 14.3 Å². The first-order chi connectivity index (χ1) is 15.4. The van der Waals surface area contributed by atoms with Gasteiger partial charge in [-0.25, -0.2) is 0 Å². The van der Waals surface area contributed by atoms with Gasteiger partial charge in [-0.05, 0) is 35.4 Å². The number of nitrogens with zero attached hydrogens (tertiary/aromatic N) is 3. The van der Waals surface area contributed by atoms with Gasteiger partial charge in [0.2, 0.25) is 0 Å². The van der Waals surface area contributed by atoms with Crippen LogP contribution < -0.4 is 5.56 Å². The second kappa shape index (κ2) is 7.98. The van der Waals surface area contributed by atoms with Crippen LogP contribution in [0.3, 0.4) is 0 Å². The molecule has 7 heteroatoms. The minimum Gasteiger partial charge on any atom is -0.306 e. The van der Waals surface area contributed by atoms with E-state index >= 15 is 0 Å². The van der Waals surface area contributed by atoms with E-state index in [2.05, 4.69) is 17.0 Å². The van der Waals surface area contributed by atoms with Gasteiger partial charge in [0, 0.05) is 37.9 Å². The quantitative estimate of drug-likeness (QED) is 0.462. The zero-order chi connectivity index (χ0) is 22.3. The van der Waals surface area contributed by atoms with E-state index < -0.39 is 11.7 Å². The van der Waals surface area contributed by atoms with Crippen LogP contribution in [-0.4, -0.2) is 20.4 Å². The number of fused-ring (bicyclic) bond motifs is 3. The Morgan fingerprint density at radius 3 is 2.28 bits per heavy atom. The minimum atomic E-state index is -4.38. The Kier molecular flexibility index (Phi) is 5.13. The van der Waals surface area contributed by atoms with Crippen LogP contribution in [0.15, 0.2) is 77.7 Å². The van der Waals surface area contributed by atoms with Crippen molar-refractivity contribution >= 4 is 5.65 Å². The van der Waals surface area contributed by atoms with Gasteiger partial charge in [-0.1, -0.05) is 42.5 Å². The Morgan fingerprint density at radius 1 is 0.844 bits per heavy atom. The Hall–Kier alpha value is -3.32. The van der Waals surface area contributed by atoms with Gasteiger partial charge in [0.05, 0.1) is 17.7 Å². The lowest BCUT2D eigenvalue weighted by Crippen LogP contribution is -2.38. The molecule has 3 heterocycles. The van der Waals surface area contributed by atoms with Crippen LogP contribution in [0.4, 0.5) is 13.2 Å². The number of halogens is 3. The van der Waals surface area contributed by atoms with Gasteiger partial charge >= 0.3 is 6.18 Å². The highest BCUT2D eigenvalue weighted by molar-refractivity contribution is 5.46. The molecule has 0 N–H and O–H groups in total. The summed E-state index contributed by atoms with van der Waals surface area (Å²) in [6, 6.07) is 18.9. The molecule has 0 spiro atoms. The lowest BCUT2D eigenvalue weighted by atomic mass is 10.1. The average Bonchev–Trinajstić information content (AvgIpc) is 3.27. The molecule has 0 bridgehead atoms. The van der Waals surface area contributed by atoms with Gasteiger partial charge in [-0.15, -0.1) is 0 Å². The van der Waals surface area contributed by atoms with E-state index in [9.17, 15) is 18.0 Å². The van der Waals surface area contributed by atoms with E-state index in [0.717, 1.165) is 48.5 Å². The summed E-state index contributed by atoms with van der Waals surface area (Å²) in [6.45, 7) is 2.39. The lowest BCUT2D eigenvalue weighted by Gasteiger charge is -2.30. The first-order valence-corrected chi connectivity index (χ1v) is 10.5. The molecule has 0 unspecified atom stereocenters. The molecule has 32 heavy (non-hydrogen) atoms. The fourth-order valence-electron chi connectivity index (χ4n) is 4.46. The van der Waals surface area contributed by atoms with Crippen LogP contribution in [0, 0.1) is 0 Å². The van der Waals surface area contributed by atoms with Crippen LogP contribution >= 0.6 is 0 Å². The van der Waals surface area contributed by atoms with E-state index in [4.69, 9.17) is 0 Å². The predicted octanol–water partition coefficient (Wildman–Crippen LogP) is 4.73. The zero-order valence-corrected chi connectivity index (χ0v) is 17.3. The maximum absolute atomic E-state index is 13.5. The molecular formula is C25H22F3N3O. The third kappa shape index (κ3) is 3.84. The fourth-order valence-corrected chi connectivity index (χ4v) is 4.46. The van der Waals surface area contributed by atoms with Crippen molar-refractivity contribution in [3.05, 3.63) is 111 Å². The zero-order valence-electron chi connectivity index (χ0n) is 17.3. The molecule has 0 saturated heterocycles. The summed E-state index contributed by atoms with van der Waals surface area (Å²) in [7, 11) is 0. The van der Waals surface area contributed by atoms with Crippen LogP contribution in [0.1, 0.15) is 27.9 Å². The summed E-state index contributed by atoms with van der Waals surface area (Å²) in [5.41, 5.74) is 3.60. The van der Waals surface area contributed by atoms with E-state index in [0.29, 0.717) is 12.1 Å². The monoisotopic (exact) mass is 437 g/mol. The van der Waals surface area contributed by atoms with Gasteiger partial charge in [0.1, 0.15) is 5.65 Å². The third-order valence-electron chi connectivity index (χ3n) is 6.06. The number of hydrogen-bond donors (Lipinski definition) is 0. The molecule has 0 aliphatic carbocycles. The molecular weight excluding hydrogens is 415 g/mol. The van der Waals surface area contributed by atoms with Gasteiger partial charge < -0.3 is 4.40 Å². The van der Waals surface area contributed by atoms with Crippen molar-refractivity contribution in [2.75, 3.05) is 6.54 Å². The summed E-state index contributed by atoms with van der Waals surface area (Å²) in [6.07, 6.45) is -1.66. The molecule has 0 saturated carbocycles. The number of alkyl halides is 3. The van der Waals surface area contributed by atoms with Crippen molar-refractivity contribution in [3.63, 3.8) is 0 Å². The minimum absolute atomic E-state index is 0.0798. The van der Waals surface area contributed by atoms with Gasteiger partial charge in [-0.2, -0.15) is 13.2 Å². The molecule has 2 aromatic carbocycles. The van der Waals surface area contributed by atoms with E-state index in [1.165, 1.54) is 17.7 Å². The van der Waals surface area contributed by atoms with Gasteiger partial charge in [0.25, 0.3) is 5.56 Å². The van der Waals surface area contributed by atoms with E-state index in [-0.39, 0.29) is 12.1 Å². The largest absolute Gasteiger partial charge is 0.416 e. The highest BCUT2D eigenvalue weighted by Crippen LogP contribution is 2.29. The molecule has 1 aliphatic heterocycles. The molecule has 5 rings (SSSR count). The number of rotatable bonds is 4. The first-order valence-electron chi connectivity index (χ1n) is 10.5. The van der Waals surface area contributed by atoms with Crippen LogP contribution in [-0.2, 0) is 32.2 Å². The molecule has 164 valence electrons. The average molecular weight is 437 g/mol. The Morgan fingerprint density at radius 2 is 1.56 bits per heavy atom. The summed E-state index contributed by atoms with van der Waals surface area (Å²) in [5, 5.41) is 0.